The molecule has 1 aromatic heterocycles. The molecule has 0 spiro atoms. The van der Waals surface area contributed by atoms with E-state index in [-0.39, 0.29) is 11.8 Å². The van der Waals surface area contributed by atoms with Crippen LogP contribution in [0.5, 0.6) is 11.5 Å². The second-order valence-corrected chi connectivity index (χ2v) is 5.76. The Morgan fingerprint density at radius 2 is 2.04 bits per heavy atom. The lowest BCUT2D eigenvalue weighted by molar-refractivity contribution is -0.117. The molecule has 0 bridgehead atoms. The van der Waals surface area contributed by atoms with Crippen molar-refractivity contribution in [2.24, 2.45) is 0 Å². The number of para-hydroxylation sites is 2. The zero-order valence-electron chi connectivity index (χ0n) is 13.7. The third-order valence-electron chi connectivity index (χ3n) is 4.24. The van der Waals surface area contributed by atoms with Gasteiger partial charge in [-0.1, -0.05) is 30.3 Å². The molecule has 0 unspecified atom stereocenters. The Labute approximate surface area is 144 Å². The predicted molar refractivity (Wildman–Crippen MR) is 93.9 cm³/mol. The van der Waals surface area contributed by atoms with Gasteiger partial charge < -0.3 is 14.8 Å². The van der Waals surface area contributed by atoms with Gasteiger partial charge in [-0.05, 0) is 18.2 Å². The third-order valence-corrected chi connectivity index (χ3v) is 4.24. The van der Waals surface area contributed by atoms with Gasteiger partial charge in [0.05, 0.1) is 12.8 Å². The van der Waals surface area contributed by atoms with Crippen LogP contribution < -0.4 is 14.8 Å². The van der Waals surface area contributed by atoms with Crippen LogP contribution in [0.25, 0.3) is 11.3 Å². The van der Waals surface area contributed by atoms with Gasteiger partial charge in [-0.2, -0.15) is 5.10 Å². The molecule has 126 valence electrons. The van der Waals surface area contributed by atoms with E-state index in [9.17, 15) is 4.79 Å². The molecule has 1 aliphatic rings. The molecule has 6 nitrogen and oxygen atoms in total. The quantitative estimate of drug-likeness (QED) is 0.768. The number of ether oxygens (including phenoxy) is 2. The standard InChI is InChI=1S/C19H17N3O3/c1-24-16-8-4-3-7-13(16)15-10-18(22-21-15)20-19(23)14-11-25-17-9-5-2-6-12(14)17/h2-10,14H,11H2,1H3,(H2,20,21,22,23)/t14-/m0/s1. The maximum absolute atomic E-state index is 12.6. The molecule has 2 N–H and O–H groups in total. The number of hydrogen-bond acceptors (Lipinski definition) is 4. The minimum atomic E-state index is -0.331. The molecular weight excluding hydrogens is 318 g/mol. The summed E-state index contributed by atoms with van der Waals surface area (Å²) in [6.07, 6.45) is 0. The Balaban J connectivity index is 1.53. The SMILES string of the molecule is COc1ccccc1-c1cc(NC(=O)[C@H]2COc3ccccc32)n[nH]1. The second-order valence-electron chi connectivity index (χ2n) is 5.76. The number of aromatic amines is 1. The fourth-order valence-electron chi connectivity index (χ4n) is 2.98. The Kier molecular flexibility index (Phi) is 3.85. The summed E-state index contributed by atoms with van der Waals surface area (Å²) in [6, 6.07) is 17.0. The highest BCUT2D eigenvalue weighted by atomic mass is 16.5. The normalized spacial score (nSPS) is 15.3. The van der Waals surface area contributed by atoms with Crippen LogP contribution in [0.3, 0.4) is 0 Å². The number of nitrogens with zero attached hydrogens (tertiary/aromatic N) is 1. The number of methoxy groups -OCH3 is 1. The largest absolute Gasteiger partial charge is 0.496 e. The summed E-state index contributed by atoms with van der Waals surface area (Å²) >= 11 is 0. The molecule has 2 aromatic carbocycles. The highest BCUT2D eigenvalue weighted by Gasteiger charge is 2.30. The van der Waals surface area contributed by atoms with Crippen molar-refractivity contribution < 1.29 is 14.3 Å². The van der Waals surface area contributed by atoms with Crippen molar-refractivity contribution in [3.63, 3.8) is 0 Å². The van der Waals surface area contributed by atoms with Gasteiger partial charge in [0, 0.05) is 17.2 Å². The van der Waals surface area contributed by atoms with E-state index in [0.29, 0.717) is 12.4 Å². The summed E-state index contributed by atoms with van der Waals surface area (Å²) in [4.78, 5) is 12.6. The summed E-state index contributed by atoms with van der Waals surface area (Å²) in [5, 5.41) is 9.97. The van der Waals surface area contributed by atoms with Crippen molar-refractivity contribution in [1.82, 2.24) is 10.2 Å². The number of carbonyl (C=O) groups excluding carboxylic acids is 1. The lowest BCUT2D eigenvalue weighted by Crippen LogP contribution is -2.22. The number of anilines is 1. The molecule has 0 saturated carbocycles. The molecule has 0 fully saturated rings. The van der Waals surface area contributed by atoms with E-state index in [4.69, 9.17) is 9.47 Å². The first-order chi connectivity index (χ1) is 12.3. The van der Waals surface area contributed by atoms with Crippen molar-refractivity contribution in [3.8, 4) is 22.8 Å². The summed E-state index contributed by atoms with van der Waals surface area (Å²) in [5.41, 5.74) is 2.56. The van der Waals surface area contributed by atoms with Gasteiger partial charge in [-0.15, -0.1) is 0 Å². The van der Waals surface area contributed by atoms with Crippen molar-refractivity contribution >= 4 is 11.7 Å². The van der Waals surface area contributed by atoms with E-state index >= 15 is 0 Å². The molecule has 1 aliphatic heterocycles. The third kappa shape index (κ3) is 2.82. The number of rotatable bonds is 4. The van der Waals surface area contributed by atoms with Crippen molar-refractivity contribution in [2.45, 2.75) is 5.92 Å². The molecule has 0 saturated heterocycles. The molecule has 1 atom stereocenters. The Morgan fingerprint density at radius 1 is 1.24 bits per heavy atom. The van der Waals surface area contributed by atoms with Crippen LogP contribution in [0.15, 0.2) is 54.6 Å². The van der Waals surface area contributed by atoms with E-state index in [1.807, 2.05) is 48.5 Å². The molecule has 4 rings (SSSR count). The molecule has 2 heterocycles. The first-order valence-electron chi connectivity index (χ1n) is 7.97. The van der Waals surface area contributed by atoms with Crippen LogP contribution in [0, 0.1) is 0 Å². The number of H-pyrrole nitrogens is 1. The van der Waals surface area contributed by atoms with E-state index in [0.717, 1.165) is 28.3 Å². The summed E-state index contributed by atoms with van der Waals surface area (Å²) < 4.78 is 10.9. The number of hydrogen-bond donors (Lipinski definition) is 2. The average Bonchev–Trinajstić information content (AvgIpc) is 3.28. The first kappa shape index (κ1) is 15.3. The lowest BCUT2D eigenvalue weighted by Gasteiger charge is -2.08. The number of benzene rings is 2. The van der Waals surface area contributed by atoms with Crippen LogP contribution in [-0.2, 0) is 4.79 Å². The van der Waals surface area contributed by atoms with Gasteiger partial charge in [-0.3, -0.25) is 9.89 Å². The van der Waals surface area contributed by atoms with Gasteiger partial charge in [0.2, 0.25) is 5.91 Å². The minimum absolute atomic E-state index is 0.136. The summed E-state index contributed by atoms with van der Waals surface area (Å²) in [6.45, 7) is 0.342. The number of aromatic nitrogens is 2. The average molecular weight is 335 g/mol. The van der Waals surface area contributed by atoms with E-state index in [1.165, 1.54) is 0 Å². The fraction of sp³-hybridized carbons (Fsp3) is 0.158. The number of fused-ring (bicyclic) bond motifs is 1. The highest BCUT2D eigenvalue weighted by Crippen LogP contribution is 2.34. The lowest BCUT2D eigenvalue weighted by atomic mass is 10.0. The minimum Gasteiger partial charge on any atom is -0.496 e. The molecule has 0 radical (unpaired) electrons. The van der Waals surface area contributed by atoms with Gasteiger partial charge in [-0.25, -0.2) is 0 Å². The molecule has 25 heavy (non-hydrogen) atoms. The van der Waals surface area contributed by atoms with Gasteiger partial charge in [0.1, 0.15) is 24.0 Å². The van der Waals surface area contributed by atoms with E-state index < -0.39 is 0 Å². The van der Waals surface area contributed by atoms with E-state index in [1.54, 1.807) is 13.2 Å². The Morgan fingerprint density at radius 3 is 2.92 bits per heavy atom. The molecule has 1 amide bonds. The number of carbonyl (C=O) groups is 1. The summed E-state index contributed by atoms with van der Waals surface area (Å²) in [7, 11) is 1.62. The van der Waals surface area contributed by atoms with Crippen LogP contribution in [-0.4, -0.2) is 29.8 Å². The first-order valence-corrected chi connectivity index (χ1v) is 7.97. The number of nitrogens with one attached hydrogen (secondary N) is 2. The van der Waals surface area contributed by atoms with Crippen molar-refractivity contribution in [2.75, 3.05) is 19.0 Å². The number of amides is 1. The van der Waals surface area contributed by atoms with Gasteiger partial charge in [0.15, 0.2) is 5.82 Å². The predicted octanol–water partition coefficient (Wildman–Crippen LogP) is 3.20. The van der Waals surface area contributed by atoms with Crippen LogP contribution in [0.1, 0.15) is 11.5 Å². The van der Waals surface area contributed by atoms with Gasteiger partial charge >= 0.3 is 0 Å². The second kappa shape index (κ2) is 6.32. The Bertz CT molecular complexity index is 920. The monoisotopic (exact) mass is 335 g/mol. The zero-order chi connectivity index (χ0) is 17.2. The molecule has 3 aromatic rings. The fourth-order valence-corrected chi connectivity index (χ4v) is 2.98. The Hall–Kier alpha value is -3.28. The van der Waals surface area contributed by atoms with Crippen LogP contribution >= 0.6 is 0 Å². The zero-order valence-corrected chi connectivity index (χ0v) is 13.7. The molecule has 6 heteroatoms. The van der Waals surface area contributed by atoms with Crippen LogP contribution in [0.4, 0.5) is 5.82 Å². The van der Waals surface area contributed by atoms with Crippen molar-refractivity contribution in [1.29, 1.82) is 0 Å². The summed E-state index contributed by atoms with van der Waals surface area (Å²) in [5.74, 6) is 1.50. The van der Waals surface area contributed by atoms with Crippen molar-refractivity contribution in [3.05, 3.63) is 60.2 Å². The molecule has 0 aliphatic carbocycles. The maximum Gasteiger partial charge on any atom is 0.236 e. The highest BCUT2D eigenvalue weighted by molar-refractivity contribution is 5.96. The van der Waals surface area contributed by atoms with E-state index in [2.05, 4.69) is 15.5 Å². The van der Waals surface area contributed by atoms with Gasteiger partial charge in [0.25, 0.3) is 0 Å². The smallest absolute Gasteiger partial charge is 0.236 e. The topological polar surface area (TPSA) is 76.2 Å². The maximum atomic E-state index is 12.6. The van der Waals surface area contributed by atoms with Crippen LogP contribution in [0.2, 0.25) is 0 Å². The molecular formula is C19H17N3O3.